The van der Waals surface area contributed by atoms with Crippen molar-refractivity contribution in [2.75, 3.05) is 19.1 Å². The van der Waals surface area contributed by atoms with E-state index in [1.807, 2.05) is 6.07 Å². The van der Waals surface area contributed by atoms with Gasteiger partial charge in [0.25, 0.3) is 5.91 Å². The van der Waals surface area contributed by atoms with Crippen LogP contribution in [0.15, 0.2) is 42.5 Å². The Morgan fingerprint density at radius 1 is 1.17 bits per heavy atom. The lowest BCUT2D eigenvalue weighted by Gasteiger charge is -2.06. The largest absolute Gasteiger partial charge is 0.454 e. The van der Waals surface area contributed by atoms with Crippen molar-refractivity contribution in [1.29, 1.82) is 0 Å². The van der Waals surface area contributed by atoms with Gasteiger partial charge in [0.1, 0.15) is 5.82 Å². The van der Waals surface area contributed by atoms with Gasteiger partial charge < -0.3 is 14.8 Å². The minimum absolute atomic E-state index is 0.158. The molecule has 2 aromatic carbocycles. The van der Waals surface area contributed by atoms with Crippen molar-refractivity contribution >= 4 is 17.7 Å². The average molecular weight is 333 g/mol. The van der Waals surface area contributed by atoms with Gasteiger partial charge in [0, 0.05) is 23.6 Å². The summed E-state index contributed by atoms with van der Waals surface area (Å²) in [5.74, 6) is 2.20. The first-order chi connectivity index (χ1) is 11.2. The van der Waals surface area contributed by atoms with E-state index in [0.29, 0.717) is 40.7 Å². The Kier molecular flexibility index (Phi) is 5.02. The van der Waals surface area contributed by atoms with Gasteiger partial charge in [0.15, 0.2) is 11.5 Å². The number of carbonyl (C=O) groups excluding carboxylic acids is 1. The molecule has 0 atom stereocenters. The van der Waals surface area contributed by atoms with Crippen LogP contribution in [0.3, 0.4) is 0 Å². The molecule has 120 valence electrons. The summed E-state index contributed by atoms with van der Waals surface area (Å²) in [5, 5.41) is 2.84. The van der Waals surface area contributed by atoms with Crippen LogP contribution >= 0.6 is 11.8 Å². The summed E-state index contributed by atoms with van der Waals surface area (Å²) in [6.07, 6.45) is 0. The fourth-order valence-corrected chi connectivity index (χ4v) is 3.02. The molecule has 0 saturated carbocycles. The van der Waals surface area contributed by atoms with Crippen molar-refractivity contribution in [1.82, 2.24) is 5.32 Å². The molecule has 1 heterocycles. The Hall–Kier alpha value is -2.21. The van der Waals surface area contributed by atoms with Gasteiger partial charge in [-0.25, -0.2) is 4.39 Å². The number of ether oxygens (including phenoxy) is 2. The lowest BCUT2D eigenvalue weighted by Crippen LogP contribution is -2.25. The molecular formula is C17H16FNO3S. The number of halogens is 1. The highest BCUT2D eigenvalue weighted by Crippen LogP contribution is 2.32. The Balaban J connectivity index is 1.42. The van der Waals surface area contributed by atoms with E-state index in [2.05, 4.69) is 5.32 Å². The monoisotopic (exact) mass is 333 g/mol. The van der Waals surface area contributed by atoms with Crippen LogP contribution in [0.4, 0.5) is 4.39 Å². The number of thioether (sulfide) groups is 1. The highest BCUT2D eigenvalue weighted by molar-refractivity contribution is 7.98. The van der Waals surface area contributed by atoms with Gasteiger partial charge in [-0.1, -0.05) is 18.2 Å². The van der Waals surface area contributed by atoms with Gasteiger partial charge in [-0.05, 0) is 29.8 Å². The van der Waals surface area contributed by atoms with Crippen LogP contribution in [0.2, 0.25) is 0 Å². The first-order valence-electron chi connectivity index (χ1n) is 7.23. The summed E-state index contributed by atoms with van der Waals surface area (Å²) < 4.78 is 23.9. The molecule has 6 heteroatoms. The van der Waals surface area contributed by atoms with Crippen molar-refractivity contribution in [3.63, 3.8) is 0 Å². The van der Waals surface area contributed by atoms with E-state index in [1.165, 1.54) is 6.07 Å². The van der Waals surface area contributed by atoms with Crippen molar-refractivity contribution in [2.45, 2.75) is 5.75 Å². The molecule has 1 aliphatic heterocycles. The fourth-order valence-electron chi connectivity index (χ4n) is 2.17. The van der Waals surface area contributed by atoms with Crippen molar-refractivity contribution < 1.29 is 18.7 Å². The van der Waals surface area contributed by atoms with E-state index in [0.717, 1.165) is 0 Å². The zero-order valence-corrected chi connectivity index (χ0v) is 13.2. The van der Waals surface area contributed by atoms with E-state index in [9.17, 15) is 9.18 Å². The van der Waals surface area contributed by atoms with Crippen LogP contribution in [0, 0.1) is 5.82 Å². The third-order valence-electron chi connectivity index (χ3n) is 3.38. The molecule has 3 rings (SSSR count). The maximum absolute atomic E-state index is 13.5. The zero-order chi connectivity index (χ0) is 16.1. The second-order valence-electron chi connectivity index (χ2n) is 4.97. The van der Waals surface area contributed by atoms with E-state index < -0.39 is 0 Å². The maximum atomic E-state index is 13.5. The Bertz CT molecular complexity index is 708. The molecule has 0 unspecified atom stereocenters. The summed E-state index contributed by atoms with van der Waals surface area (Å²) in [4.78, 5) is 12.1. The van der Waals surface area contributed by atoms with Crippen LogP contribution in [0.25, 0.3) is 0 Å². The van der Waals surface area contributed by atoms with Crippen LogP contribution in [0.1, 0.15) is 15.9 Å². The van der Waals surface area contributed by atoms with E-state index in [4.69, 9.17) is 9.47 Å². The number of hydrogen-bond donors (Lipinski definition) is 1. The highest BCUT2D eigenvalue weighted by atomic mass is 32.2. The van der Waals surface area contributed by atoms with Crippen LogP contribution in [-0.4, -0.2) is 25.0 Å². The second kappa shape index (κ2) is 7.37. The Morgan fingerprint density at radius 3 is 2.87 bits per heavy atom. The normalized spacial score (nSPS) is 12.2. The molecule has 1 N–H and O–H groups in total. The quantitative estimate of drug-likeness (QED) is 0.825. The number of rotatable bonds is 6. The SMILES string of the molecule is O=C(NCCSCc1ccccc1F)c1ccc2c(c1)OCO2. The third-order valence-corrected chi connectivity index (χ3v) is 4.39. The molecule has 23 heavy (non-hydrogen) atoms. The smallest absolute Gasteiger partial charge is 0.251 e. The summed E-state index contributed by atoms with van der Waals surface area (Å²) in [7, 11) is 0. The van der Waals surface area contributed by atoms with Crippen LogP contribution in [-0.2, 0) is 5.75 Å². The fraction of sp³-hybridized carbons (Fsp3) is 0.235. The first-order valence-corrected chi connectivity index (χ1v) is 8.38. The minimum atomic E-state index is -0.190. The van der Waals surface area contributed by atoms with Crippen molar-refractivity contribution in [2.24, 2.45) is 0 Å². The molecule has 0 aliphatic carbocycles. The minimum Gasteiger partial charge on any atom is -0.454 e. The number of hydrogen-bond acceptors (Lipinski definition) is 4. The van der Waals surface area contributed by atoms with Gasteiger partial charge >= 0.3 is 0 Å². The number of benzene rings is 2. The van der Waals surface area contributed by atoms with Gasteiger partial charge in [0.2, 0.25) is 6.79 Å². The lowest BCUT2D eigenvalue weighted by molar-refractivity contribution is 0.0955. The number of nitrogens with one attached hydrogen (secondary N) is 1. The van der Waals surface area contributed by atoms with Gasteiger partial charge in [-0.3, -0.25) is 4.79 Å². The molecule has 0 radical (unpaired) electrons. The molecule has 0 fully saturated rings. The molecule has 4 nitrogen and oxygen atoms in total. The zero-order valence-electron chi connectivity index (χ0n) is 12.4. The molecule has 0 aromatic heterocycles. The molecule has 0 saturated heterocycles. The van der Waals surface area contributed by atoms with Crippen molar-refractivity contribution in [3.8, 4) is 11.5 Å². The molecule has 1 amide bonds. The first kappa shape index (κ1) is 15.7. The average Bonchev–Trinajstić information content (AvgIpc) is 3.03. The van der Waals surface area contributed by atoms with Crippen LogP contribution in [0.5, 0.6) is 11.5 Å². The van der Waals surface area contributed by atoms with E-state index in [1.54, 1.807) is 42.1 Å². The number of fused-ring (bicyclic) bond motifs is 1. The Morgan fingerprint density at radius 2 is 2.00 bits per heavy atom. The maximum Gasteiger partial charge on any atom is 0.251 e. The standard InChI is InChI=1S/C17H16FNO3S/c18-14-4-2-1-3-13(14)10-23-8-7-19-17(20)12-5-6-15-16(9-12)22-11-21-15/h1-6,9H,7-8,10-11H2,(H,19,20). The predicted molar refractivity (Wildman–Crippen MR) is 87.5 cm³/mol. The molecule has 2 aromatic rings. The van der Waals surface area contributed by atoms with E-state index >= 15 is 0 Å². The highest BCUT2D eigenvalue weighted by Gasteiger charge is 2.15. The summed E-state index contributed by atoms with van der Waals surface area (Å²) in [5.41, 5.74) is 1.22. The molecule has 0 bridgehead atoms. The third kappa shape index (κ3) is 3.96. The second-order valence-corrected chi connectivity index (χ2v) is 6.07. The topological polar surface area (TPSA) is 47.6 Å². The summed E-state index contributed by atoms with van der Waals surface area (Å²) in [6, 6.07) is 11.8. The van der Waals surface area contributed by atoms with Gasteiger partial charge in [-0.2, -0.15) is 11.8 Å². The Labute approximate surface area is 138 Å². The number of carbonyl (C=O) groups is 1. The predicted octanol–water partition coefficient (Wildman–Crippen LogP) is 3.22. The molecule has 1 aliphatic rings. The van der Waals surface area contributed by atoms with Gasteiger partial charge in [0.05, 0.1) is 0 Å². The summed E-state index contributed by atoms with van der Waals surface area (Å²) >= 11 is 1.58. The lowest BCUT2D eigenvalue weighted by atomic mass is 10.2. The van der Waals surface area contributed by atoms with Crippen molar-refractivity contribution in [3.05, 3.63) is 59.4 Å². The number of amides is 1. The van der Waals surface area contributed by atoms with Crippen LogP contribution < -0.4 is 14.8 Å². The molecular weight excluding hydrogens is 317 g/mol. The molecule has 0 spiro atoms. The van der Waals surface area contributed by atoms with Gasteiger partial charge in [-0.15, -0.1) is 0 Å². The van der Waals surface area contributed by atoms with E-state index in [-0.39, 0.29) is 18.5 Å². The summed E-state index contributed by atoms with van der Waals surface area (Å²) in [6.45, 7) is 0.708.